The van der Waals surface area contributed by atoms with Crippen molar-refractivity contribution in [1.29, 1.82) is 0 Å². The maximum absolute atomic E-state index is 13.9. The Kier molecular flexibility index (Phi) is 4.71. The summed E-state index contributed by atoms with van der Waals surface area (Å²) in [6.07, 6.45) is 0.787. The molecule has 0 aliphatic carbocycles. The Morgan fingerprint density at radius 2 is 2.07 bits per heavy atom. The normalized spacial score (nSPS) is 16.3. The van der Waals surface area contributed by atoms with E-state index >= 15 is 0 Å². The molecule has 1 fully saturated rings. The monoisotopic (exact) mass is 422 g/mol. The maximum atomic E-state index is 13.9. The Morgan fingerprint density at radius 1 is 1.23 bits per heavy atom. The summed E-state index contributed by atoms with van der Waals surface area (Å²) in [6.45, 7) is 2.92. The smallest absolute Gasteiger partial charge is 0.259 e. The van der Waals surface area contributed by atoms with Crippen molar-refractivity contribution in [2.45, 2.75) is 19.4 Å². The molecule has 1 aliphatic heterocycles. The van der Waals surface area contributed by atoms with E-state index in [1.54, 1.807) is 17.9 Å². The lowest BCUT2D eigenvalue weighted by molar-refractivity contribution is 0.0790. The number of aromatic nitrogens is 2. The SMILES string of the molecule is Cc1onc(-c2ccccc2)c1C(=O)N1CC[C@@H](Nc2nc3c(F)cccc3s2)C1. The van der Waals surface area contributed by atoms with E-state index in [9.17, 15) is 9.18 Å². The van der Waals surface area contributed by atoms with Gasteiger partial charge in [-0.1, -0.05) is 52.9 Å². The minimum atomic E-state index is -0.323. The number of halogens is 1. The first kappa shape index (κ1) is 18.7. The number of hydrogen-bond donors (Lipinski definition) is 1. The number of rotatable bonds is 4. The number of para-hydroxylation sites is 1. The lowest BCUT2D eigenvalue weighted by atomic mass is 10.1. The number of nitrogens with one attached hydrogen (secondary N) is 1. The Morgan fingerprint density at radius 3 is 2.87 bits per heavy atom. The fraction of sp³-hybridized carbons (Fsp3) is 0.227. The van der Waals surface area contributed by atoms with Gasteiger partial charge < -0.3 is 14.7 Å². The number of carbonyl (C=O) groups excluding carboxylic acids is 1. The first-order valence-corrected chi connectivity index (χ1v) is 10.5. The third-order valence-corrected chi connectivity index (χ3v) is 6.25. The van der Waals surface area contributed by atoms with Crippen molar-refractivity contribution in [2.75, 3.05) is 18.4 Å². The van der Waals surface area contributed by atoms with E-state index in [4.69, 9.17) is 4.52 Å². The van der Waals surface area contributed by atoms with Gasteiger partial charge in [0.05, 0.1) is 4.70 Å². The lowest BCUT2D eigenvalue weighted by Crippen LogP contribution is -2.32. The van der Waals surface area contributed by atoms with Gasteiger partial charge in [-0.3, -0.25) is 4.79 Å². The molecule has 0 bridgehead atoms. The van der Waals surface area contributed by atoms with Crippen molar-refractivity contribution in [3.63, 3.8) is 0 Å². The number of aryl methyl sites for hydroxylation is 1. The van der Waals surface area contributed by atoms with E-state index in [1.807, 2.05) is 36.4 Å². The topological polar surface area (TPSA) is 71.3 Å². The summed E-state index contributed by atoms with van der Waals surface area (Å²) in [5.74, 6) is 0.0977. The van der Waals surface area contributed by atoms with Crippen molar-refractivity contribution in [3.8, 4) is 11.3 Å². The van der Waals surface area contributed by atoms with Gasteiger partial charge in [0, 0.05) is 24.7 Å². The van der Waals surface area contributed by atoms with Crippen LogP contribution >= 0.6 is 11.3 Å². The Balaban J connectivity index is 1.33. The molecule has 152 valence electrons. The molecule has 2 aromatic heterocycles. The first-order chi connectivity index (χ1) is 14.6. The molecular weight excluding hydrogens is 403 g/mol. The zero-order valence-electron chi connectivity index (χ0n) is 16.3. The molecule has 3 heterocycles. The molecule has 5 rings (SSSR count). The highest BCUT2D eigenvalue weighted by atomic mass is 32.1. The van der Waals surface area contributed by atoms with Crippen LogP contribution < -0.4 is 5.32 Å². The van der Waals surface area contributed by atoms with Gasteiger partial charge in [0.2, 0.25) is 0 Å². The van der Waals surface area contributed by atoms with Gasteiger partial charge in [-0.25, -0.2) is 9.37 Å². The molecule has 8 heteroatoms. The standard InChI is InChI=1S/C22H19FN4O2S/c1-13-18(19(26-29-13)14-6-3-2-4-7-14)21(28)27-11-10-15(12-27)24-22-25-20-16(23)8-5-9-17(20)30-22/h2-9,15H,10-12H2,1H3,(H,24,25)/t15-/m1/s1. The van der Waals surface area contributed by atoms with E-state index in [0.717, 1.165) is 16.7 Å². The summed E-state index contributed by atoms with van der Waals surface area (Å²) in [7, 11) is 0. The predicted molar refractivity (Wildman–Crippen MR) is 114 cm³/mol. The predicted octanol–water partition coefficient (Wildman–Crippen LogP) is 4.73. The van der Waals surface area contributed by atoms with Crippen molar-refractivity contribution in [2.24, 2.45) is 0 Å². The number of benzene rings is 2. The van der Waals surface area contributed by atoms with E-state index in [0.29, 0.717) is 40.8 Å². The average Bonchev–Trinajstić information content (AvgIpc) is 3.47. The number of anilines is 1. The number of amides is 1. The van der Waals surface area contributed by atoms with E-state index < -0.39 is 0 Å². The minimum Gasteiger partial charge on any atom is -0.360 e. The molecule has 0 radical (unpaired) electrons. The quantitative estimate of drug-likeness (QED) is 0.515. The van der Waals surface area contributed by atoms with Crippen LogP contribution in [0.1, 0.15) is 22.5 Å². The Bertz CT molecular complexity index is 1220. The zero-order valence-corrected chi connectivity index (χ0v) is 17.1. The second-order valence-corrected chi connectivity index (χ2v) is 8.35. The number of fused-ring (bicyclic) bond motifs is 1. The van der Waals surface area contributed by atoms with Gasteiger partial charge in [-0.05, 0) is 25.5 Å². The van der Waals surface area contributed by atoms with Crippen LogP contribution in [0.3, 0.4) is 0 Å². The molecule has 6 nitrogen and oxygen atoms in total. The fourth-order valence-corrected chi connectivity index (χ4v) is 4.75. The first-order valence-electron chi connectivity index (χ1n) is 9.72. The molecule has 4 aromatic rings. The van der Waals surface area contributed by atoms with Crippen LogP contribution in [-0.4, -0.2) is 40.1 Å². The van der Waals surface area contributed by atoms with Crippen LogP contribution in [0.4, 0.5) is 9.52 Å². The van der Waals surface area contributed by atoms with Gasteiger partial charge in [0.25, 0.3) is 5.91 Å². The molecule has 2 aromatic carbocycles. The van der Waals surface area contributed by atoms with Crippen LogP contribution in [-0.2, 0) is 0 Å². The highest BCUT2D eigenvalue weighted by Gasteiger charge is 2.32. The molecule has 1 amide bonds. The van der Waals surface area contributed by atoms with Crippen LogP contribution in [0, 0.1) is 12.7 Å². The van der Waals surface area contributed by atoms with Gasteiger partial charge in [-0.2, -0.15) is 0 Å². The molecule has 0 unspecified atom stereocenters. The molecule has 1 N–H and O–H groups in total. The molecule has 0 saturated carbocycles. The number of hydrogen-bond acceptors (Lipinski definition) is 6. The largest absolute Gasteiger partial charge is 0.360 e. The van der Waals surface area contributed by atoms with Gasteiger partial charge in [0.1, 0.15) is 28.4 Å². The fourth-order valence-electron chi connectivity index (χ4n) is 3.79. The van der Waals surface area contributed by atoms with Crippen molar-refractivity contribution in [3.05, 3.63) is 65.7 Å². The zero-order chi connectivity index (χ0) is 20.7. The third-order valence-electron chi connectivity index (χ3n) is 5.30. The second kappa shape index (κ2) is 7.53. The van der Waals surface area contributed by atoms with Crippen LogP contribution in [0.2, 0.25) is 0 Å². The molecular formula is C22H19FN4O2S. The van der Waals surface area contributed by atoms with Crippen LogP contribution in [0.15, 0.2) is 53.1 Å². The summed E-state index contributed by atoms with van der Waals surface area (Å²) >= 11 is 1.42. The molecule has 30 heavy (non-hydrogen) atoms. The Labute approximate surface area is 176 Å². The molecule has 0 spiro atoms. The average molecular weight is 422 g/mol. The number of thiazole rings is 1. The minimum absolute atomic E-state index is 0.0536. The summed E-state index contributed by atoms with van der Waals surface area (Å²) < 4.78 is 20.0. The summed E-state index contributed by atoms with van der Waals surface area (Å²) in [5, 5.41) is 8.14. The van der Waals surface area contributed by atoms with Crippen LogP contribution in [0.25, 0.3) is 21.5 Å². The van der Waals surface area contributed by atoms with Crippen molar-refractivity contribution >= 4 is 32.6 Å². The molecule has 1 saturated heterocycles. The molecule has 1 atom stereocenters. The maximum Gasteiger partial charge on any atom is 0.259 e. The summed E-state index contributed by atoms with van der Waals surface area (Å²) in [6, 6.07) is 14.6. The van der Waals surface area contributed by atoms with Gasteiger partial charge in [-0.15, -0.1) is 0 Å². The highest BCUT2D eigenvalue weighted by Crippen LogP contribution is 2.30. The van der Waals surface area contributed by atoms with Crippen molar-refractivity contribution < 1.29 is 13.7 Å². The highest BCUT2D eigenvalue weighted by molar-refractivity contribution is 7.22. The molecule has 1 aliphatic rings. The van der Waals surface area contributed by atoms with E-state index in [1.165, 1.54) is 17.4 Å². The third kappa shape index (κ3) is 3.33. The lowest BCUT2D eigenvalue weighted by Gasteiger charge is -2.17. The number of nitrogens with zero attached hydrogens (tertiary/aromatic N) is 3. The summed E-state index contributed by atoms with van der Waals surface area (Å²) in [5.41, 5.74) is 2.30. The van der Waals surface area contributed by atoms with Gasteiger partial charge >= 0.3 is 0 Å². The summed E-state index contributed by atoms with van der Waals surface area (Å²) in [4.78, 5) is 19.4. The van der Waals surface area contributed by atoms with Crippen LogP contribution in [0.5, 0.6) is 0 Å². The Hall–Kier alpha value is -3.26. The van der Waals surface area contributed by atoms with Crippen molar-refractivity contribution in [1.82, 2.24) is 15.0 Å². The number of carbonyl (C=O) groups is 1. The second-order valence-electron chi connectivity index (χ2n) is 7.32. The van der Waals surface area contributed by atoms with E-state index in [-0.39, 0.29) is 17.8 Å². The number of likely N-dealkylation sites (tertiary alicyclic amines) is 1. The van der Waals surface area contributed by atoms with E-state index in [2.05, 4.69) is 15.5 Å². The van der Waals surface area contributed by atoms with Gasteiger partial charge in [0.15, 0.2) is 5.13 Å².